The quantitative estimate of drug-likeness (QED) is 0.890. The van der Waals surface area contributed by atoms with Crippen LogP contribution in [0, 0.1) is 0 Å². The molecule has 1 aromatic heterocycles. The molecule has 0 spiro atoms. The minimum absolute atomic E-state index is 0.310. The van der Waals surface area contributed by atoms with Crippen molar-refractivity contribution in [3.05, 3.63) is 34.8 Å². The minimum Gasteiger partial charge on any atom is -0.389 e. The average molecular weight is 311 g/mol. The summed E-state index contributed by atoms with van der Waals surface area (Å²) in [5.41, 5.74) is 0.906. The highest BCUT2D eigenvalue weighted by Gasteiger charge is 2.05. The van der Waals surface area contributed by atoms with Crippen LogP contribution in [0.15, 0.2) is 34.8 Å². The lowest BCUT2D eigenvalue weighted by atomic mass is 10.2. The standard InChI is InChI=1S/C13H15BrN2O2/c1-18-8-10(17)7-15-12-6-5-9-3-2-4-11(14)13(9)16-12/h2-6,10,17H,7-8H2,1H3,(H,15,16)/t10-/m0/s1. The molecule has 2 N–H and O–H groups in total. The Hall–Kier alpha value is -1.17. The van der Waals surface area contributed by atoms with E-state index >= 15 is 0 Å². The van der Waals surface area contributed by atoms with Crippen molar-refractivity contribution in [2.24, 2.45) is 0 Å². The van der Waals surface area contributed by atoms with Crippen LogP contribution in [0.5, 0.6) is 0 Å². The van der Waals surface area contributed by atoms with Crippen molar-refractivity contribution < 1.29 is 9.84 Å². The predicted octanol–water partition coefficient (Wildman–Crippen LogP) is 2.42. The number of anilines is 1. The Morgan fingerprint density at radius 3 is 3.00 bits per heavy atom. The lowest BCUT2D eigenvalue weighted by Crippen LogP contribution is -2.24. The molecule has 1 atom stereocenters. The van der Waals surface area contributed by atoms with Crippen LogP contribution in [-0.2, 0) is 4.74 Å². The molecule has 0 aliphatic heterocycles. The second-order valence-electron chi connectivity index (χ2n) is 4.00. The Labute approximate surface area is 114 Å². The number of halogens is 1. The zero-order valence-electron chi connectivity index (χ0n) is 10.1. The van der Waals surface area contributed by atoms with E-state index in [0.717, 1.165) is 21.2 Å². The molecule has 0 saturated heterocycles. The summed E-state index contributed by atoms with van der Waals surface area (Å²) in [4.78, 5) is 4.50. The first-order valence-electron chi connectivity index (χ1n) is 5.67. The molecule has 0 saturated carbocycles. The third kappa shape index (κ3) is 3.19. The molecule has 0 fully saturated rings. The number of para-hydroxylation sites is 1. The number of nitrogens with zero attached hydrogens (tertiary/aromatic N) is 1. The van der Waals surface area contributed by atoms with Gasteiger partial charge in [0.15, 0.2) is 0 Å². The van der Waals surface area contributed by atoms with Gasteiger partial charge in [-0.3, -0.25) is 0 Å². The number of hydrogen-bond acceptors (Lipinski definition) is 4. The zero-order valence-corrected chi connectivity index (χ0v) is 11.6. The van der Waals surface area contributed by atoms with Gasteiger partial charge in [0, 0.05) is 23.5 Å². The molecule has 0 unspecified atom stereocenters. The van der Waals surface area contributed by atoms with E-state index in [1.807, 2.05) is 30.3 Å². The Balaban J connectivity index is 2.12. The van der Waals surface area contributed by atoms with Gasteiger partial charge in [-0.15, -0.1) is 0 Å². The van der Waals surface area contributed by atoms with Gasteiger partial charge in [-0.1, -0.05) is 12.1 Å². The van der Waals surface area contributed by atoms with Crippen molar-refractivity contribution in [2.45, 2.75) is 6.10 Å². The number of ether oxygens (including phenoxy) is 1. The topological polar surface area (TPSA) is 54.4 Å². The summed E-state index contributed by atoms with van der Waals surface area (Å²) in [5.74, 6) is 0.740. The summed E-state index contributed by atoms with van der Waals surface area (Å²) in [6.45, 7) is 0.723. The van der Waals surface area contributed by atoms with E-state index in [1.165, 1.54) is 0 Å². The first-order valence-corrected chi connectivity index (χ1v) is 6.46. The smallest absolute Gasteiger partial charge is 0.126 e. The Morgan fingerprint density at radius 2 is 2.22 bits per heavy atom. The maximum Gasteiger partial charge on any atom is 0.126 e. The zero-order chi connectivity index (χ0) is 13.0. The maximum absolute atomic E-state index is 9.55. The molecule has 0 amide bonds. The third-order valence-electron chi connectivity index (χ3n) is 2.55. The molecule has 0 radical (unpaired) electrons. The Morgan fingerprint density at radius 1 is 1.39 bits per heavy atom. The number of hydrogen-bond donors (Lipinski definition) is 2. The number of nitrogens with one attached hydrogen (secondary N) is 1. The number of rotatable bonds is 5. The van der Waals surface area contributed by atoms with Gasteiger partial charge in [0.25, 0.3) is 0 Å². The lowest BCUT2D eigenvalue weighted by molar-refractivity contribution is 0.0727. The van der Waals surface area contributed by atoms with Gasteiger partial charge in [-0.2, -0.15) is 0 Å². The van der Waals surface area contributed by atoms with E-state index in [4.69, 9.17) is 4.74 Å². The second kappa shape index (κ2) is 6.13. The molecule has 18 heavy (non-hydrogen) atoms. The number of benzene rings is 1. The minimum atomic E-state index is -0.535. The summed E-state index contributed by atoms with van der Waals surface area (Å²) >= 11 is 3.48. The van der Waals surface area contributed by atoms with Crippen molar-refractivity contribution >= 4 is 32.7 Å². The molecule has 1 aromatic carbocycles. The molecule has 0 aliphatic rings. The maximum atomic E-state index is 9.55. The van der Waals surface area contributed by atoms with Crippen LogP contribution in [0.3, 0.4) is 0 Å². The van der Waals surface area contributed by atoms with Gasteiger partial charge in [0.05, 0.1) is 18.2 Å². The molecule has 2 rings (SSSR count). The van der Waals surface area contributed by atoms with Crippen molar-refractivity contribution in [2.75, 3.05) is 25.6 Å². The van der Waals surface area contributed by atoms with Gasteiger partial charge in [0.1, 0.15) is 5.82 Å². The van der Waals surface area contributed by atoms with Gasteiger partial charge >= 0.3 is 0 Å². The molecular formula is C13H15BrN2O2. The summed E-state index contributed by atoms with van der Waals surface area (Å²) in [6.07, 6.45) is -0.535. The van der Waals surface area contributed by atoms with Crippen molar-refractivity contribution in [1.29, 1.82) is 0 Å². The molecule has 1 heterocycles. The van der Waals surface area contributed by atoms with Crippen LogP contribution < -0.4 is 5.32 Å². The Kier molecular flexibility index (Phi) is 4.52. The number of fused-ring (bicyclic) bond motifs is 1. The number of aromatic nitrogens is 1. The summed E-state index contributed by atoms with van der Waals surface area (Å²) < 4.78 is 5.82. The molecule has 5 heteroatoms. The monoisotopic (exact) mass is 310 g/mol. The lowest BCUT2D eigenvalue weighted by Gasteiger charge is -2.11. The van der Waals surface area contributed by atoms with Gasteiger partial charge in [-0.05, 0) is 34.1 Å². The SMILES string of the molecule is COC[C@@H](O)CNc1ccc2cccc(Br)c2n1. The Bertz CT molecular complexity index is 533. The molecule has 0 bridgehead atoms. The third-order valence-corrected chi connectivity index (χ3v) is 3.19. The van der Waals surface area contributed by atoms with E-state index in [2.05, 4.69) is 26.2 Å². The van der Waals surface area contributed by atoms with E-state index in [-0.39, 0.29) is 0 Å². The summed E-state index contributed by atoms with van der Waals surface area (Å²) in [5, 5.41) is 13.7. The molecule has 96 valence electrons. The highest BCUT2D eigenvalue weighted by atomic mass is 79.9. The molecule has 4 nitrogen and oxygen atoms in total. The number of aliphatic hydroxyl groups excluding tert-OH is 1. The fourth-order valence-corrected chi connectivity index (χ4v) is 2.15. The van der Waals surface area contributed by atoms with Gasteiger partial charge in [0.2, 0.25) is 0 Å². The van der Waals surface area contributed by atoms with Crippen LogP contribution in [0.1, 0.15) is 0 Å². The van der Waals surface area contributed by atoms with Crippen LogP contribution in [-0.4, -0.2) is 36.5 Å². The van der Waals surface area contributed by atoms with E-state index in [0.29, 0.717) is 13.2 Å². The van der Waals surface area contributed by atoms with E-state index in [1.54, 1.807) is 7.11 Å². The number of aliphatic hydroxyl groups is 1. The molecule has 0 aliphatic carbocycles. The van der Waals surface area contributed by atoms with Gasteiger partial charge < -0.3 is 15.2 Å². The highest BCUT2D eigenvalue weighted by molar-refractivity contribution is 9.10. The largest absolute Gasteiger partial charge is 0.389 e. The number of methoxy groups -OCH3 is 1. The van der Waals surface area contributed by atoms with Crippen molar-refractivity contribution in [3.63, 3.8) is 0 Å². The van der Waals surface area contributed by atoms with E-state index in [9.17, 15) is 5.11 Å². The first kappa shape index (κ1) is 13.3. The van der Waals surface area contributed by atoms with Crippen LogP contribution in [0.2, 0.25) is 0 Å². The fourth-order valence-electron chi connectivity index (χ4n) is 1.68. The number of pyridine rings is 1. The van der Waals surface area contributed by atoms with Crippen molar-refractivity contribution in [1.82, 2.24) is 4.98 Å². The van der Waals surface area contributed by atoms with Gasteiger partial charge in [-0.25, -0.2) is 4.98 Å². The molecule has 2 aromatic rings. The summed E-state index contributed by atoms with van der Waals surface area (Å²) in [7, 11) is 1.56. The highest BCUT2D eigenvalue weighted by Crippen LogP contribution is 2.23. The van der Waals surface area contributed by atoms with Crippen LogP contribution in [0.25, 0.3) is 10.9 Å². The average Bonchev–Trinajstić information content (AvgIpc) is 2.37. The predicted molar refractivity (Wildman–Crippen MR) is 75.8 cm³/mol. The summed E-state index contributed by atoms with van der Waals surface area (Å²) in [6, 6.07) is 9.84. The van der Waals surface area contributed by atoms with Crippen molar-refractivity contribution in [3.8, 4) is 0 Å². The van der Waals surface area contributed by atoms with Crippen LogP contribution in [0.4, 0.5) is 5.82 Å². The second-order valence-corrected chi connectivity index (χ2v) is 4.85. The van der Waals surface area contributed by atoms with E-state index < -0.39 is 6.10 Å². The van der Waals surface area contributed by atoms with Crippen LogP contribution >= 0.6 is 15.9 Å². The molecular weight excluding hydrogens is 296 g/mol. The fraction of sp³-hybridized carbons (Fsp3) is 0.308. The normalized spacial score (nSPS) is 12.6. The first-order chi connectivity index (χ1) is 8.70.